The van der Waals surface area contributed by atoms with Crippen LogP contribution in [0.1, 0.15) is 24.1 Å². The van der Waals surface area contributed by atoms with Crippen molar-refractivity contribution < 1.29 is 4.74 Å². The topological polar surface area (TPSA) is 38.2 Å². The van der Waals surface area contributed by atoms with E-state index in [9.17, 15) is 0 Å². The minimum atomic E-state index is 0.316. The van der Waals surface area contributed by atoms with Gasteiger partial charge in [0, 0.05) is 37.7 Å². The molecule has 1 aliphatic rings. The fraction of sp³-hybridized carbons (Fsp3) is 0.667. The first kappa shape index (κ1) is 12.6. The van der Waals surface area contributed by atoms with Crippen molar-refractivity contribution in [1.29, 1.82) is 0 Å². The third-order valence-electron chi connectivity index (χ3n) is 3.06. The molecule has 1 aromatic rings. The van der Waals surface area contributed by atoms with Crippen molar-refractivity contribution >= 4 is 17.5 Å². The molecule has 0 saturated carbocycles. The number of nitrogens with zero attached hydrogens (tertiary/aromatic N) is 3. The van der Waals surface area contributed by atoms with Gasteiger partial charge in [0.1, 0.15) is 0 Å². The molecule has 1 atom stereocenters. The molecule has 94 valence electrons. The summed E-state index contributed by atoms with van der Waals surface area (Å²) in [5.41, 5.74) is 1.94. The molecule has 0 bridgehead atoms. The maximum absolute atomic E-state index is 5.79. The normalized spacial score (nSPS) is 19.6. The Hall–Kier alpha value is -0.870. The number of ether oxygens (including phenoxy) is 1. The van der Waals surface area contributed by atoms with E-state index < -0.39 is 0 Å². The number of alkyl halides is 1. The fourth-order valence-corrected chi connectivity index (χ4v) is 2.23. The molecule has 2 rings (SSSR count). The van der Waals surface area contributed by atoms with Crippen LogP contribution >= 0.6 is 11.6 Å². The highest BCUT2D eigenvalue weighted by molar-refractivity contribution is 6.17. The van der Waals surface area contributed by atoms with E-state index >= 15 is 0 Å². The molecular formula is C12H18ClN3O. The van der Waals surface area contributed by atoms with Crippen LogP contribution in [0.2, 0.25) is 0 Å². The highest BCUT2D eigenvalue weighted by atomic mass is 35.5. The Labute approximate surface area is 107 Å². The first-order valence-corrected chi connectivity index (χ1v) is 6.45. The van der Waals surface area contributed by atoms with E-state index in [0.717, 1.165) is 43.2 Å². The van der Waals surface area contributed by atoms with Gasteiger partial charge in [0.05, 0.1) is 12.0 Å². The lowest BCUT2D eigenvalue weighted by molar-refractivity contribution is 0.116. The molecule has 0 spiro atoms. The van der Waals surface area contributed by atoms with Gasteiger partial charge >= 0.3 is 0 Å². The number of hydrogen-bond donors (Lipinski definition) is 0. The number of rotatable bonds is 4. The molecule has 2 heterocycles. The Morgan fingerprint density at radius 3 is 3.00 bits per heavy atom. The van der Waals surface area contributed by atoms with Gasteiger partial charge in [-0.1, -0.05) is 0 Å². The maximum atomic E-state index is 5.79. The zero-order chi connectivity index (χ0) is 12.3. The van der Waals surface area contributed by atoms with Crippen LogP contribution in [-0.2, 0) is 10.6 Å². The van der Waals surface area contributed by atoms with Crippen LogP contribution in [0.4, 0.5) is 5.95 Å². The van der Waals surface area contributed by atoms with E-state index in [4.69, 9.17) is 16.3 Å². The summed E-state index contributed by atoms with van der Waals surface area (Å²) in [4.78, 5) is 10.8. The van der Waals surface area contributed by atoms with Crippen LogP contribution < -0.4 is 4.90 Å². The summed E-state index contributed by atoms with van der Waals surface area (Å²) >= 11 is 5.79. The molecule has 0 N–H and O–H groups in total. The van der Waals surface area contributed by atoms with Gasteiger partial charge < -0.3 is 9.64 Å². The average Bonchev–Trinajstić information content (AvgIpc) is 2.81. The summed E-state index contributed by atoms with van der Waals surface area (Å²) in [5.74, 6) is 1.20. The highest BCUT2D eigenvalue weighted by Gasteiger charge is 2.18. The summed E-state index contributed by atoms with van der Waals surface area (Å²) in [5, 5.41) is 0. The third-order valence-corrected chi connectivity index (χ3v) is 3.34. The van der Waals surface area contributed by atoms with Gasteiger partial charge in [0.25, 0.3) is 0 Å². The van der Waals surface area contributed by atoms with Gasteiger partial charge in [-0.05, 0) is 19.8 Å². The second-order valence-corrected chi connectivity index (χ2v) is 4.70. The van der Waals surface area contributed by atoms with Gasteiger partial charge in [-0.15, -0.1) is 11.6 Å². The van der Waals surface area contributed by atoms with Crippen molar-refractivity contribution in [3.05, 3.63) is 17.5 Å². The number of halogens is 1. The van der Waals surface area contributed by atoms with Crippen molar-refractivity contribution in [2.45, 2.75) is 31.7 Å². The van der Waals surface area contributed by atoms with Crippen molar-refractivity contribution in [1.82, 2.24) is 9.97 Å². The Morgan fingerprint density at radius 2 is 2.41 bits per heavy atom. The van der Waals surface area contributed by atoms with Crippen LogP contribution in [0.5, 0.6) is 0 Å². The number of aromatic nitrogens is 2. The largest absolute Gasteiger partial charge is 0.376 e. The minimum absolute atomic E-state index is 0.316. The Kier molecular flexibility index (Phi) is 4.18. The fourth-order valence-electron chi connectivity index (χ4n) is 1.97. The molecule has 1 fully saturated rings. The summed E-state index contributed by atoms with van der Waals surface area (Å²) in [6.45, 7) is 3.69. The molecule has 4 nitrogen and oxygen atoms in total. The Morgan fingerprint density at radius 1 is 1.59 bits per heavy atom. The van der Waals surface area contributed by atoms with Crippen molar-refractivity contribution in [2.75, 3.05) is 25.1 Å². The van der Waals surface area contributed by atoms with Gasteiger partial charge in [0.2, 0.25) is 5.95 Å². The molecule has 1 aromatic heterocycles. The van der Waals surface area contributed by atoms with Crippen LogP contribution in [0.25, 0.3) is 0 Å². The Balaban J connectivity index is 2.02. The standard InChI is InChI=1S/C12H18ClN3O/c1-9-10(6-13)7-14-12(15-9)16(2)8-11-4-3-5-17-11/h7,11H,3-6,8H2,1-2H3. The van der Waals surface area contributed by atoms with E-state index in [1.54, 1.807) is 6.20 Å². The summed E-state index contributed by atoms with van der Waals surface area (Å²) in [7, 11) is 2.00. The lowest BCUT2D eigenvalue weighted by atomic mass is 10.2. The summed E-state index contributed by atoms with van der Waals surface area (Å²) in [6.07, 6.45) is 4.40. The van der Waals surface area contributed by atoms with Crippen molar-refractivity contribution in [3.8, 4) is 0 Å². The molecule has 1 aliphatic heterocycles. The van der Waals surface area contributed by atoms with Crippen LogP contribution in [0.3, 0.4) is 0 Å². The number of aryl methyl sites for hydroxylation is 1. The van der Waals surface area contributed by atoms with Crippen molar-refractivity contribution in [3.63, 3.8) is 0 Å². The molecule has 0 aliphatic carbocycles. The van der Waals surface area contributed by atoms with Gasteiger partial charge in [0.15, 0.2) is 0 Å². The smallest absolute Gasteiger partial charge is 0.225 e. The molecule has 0 amide bonds. The summed E-state index contributed by atoms with van der Waals surface area (Å²) in [6, 6.07) is 0. The monoisotopic (exact) mass is 255 g/mol. The second kappa shape index (κ2) is 5.65. The molecular weight excluding hydrogens is 238 g/mol. The molecule has 0 aromatic carbocycles. The van der Waals surface area contributed by atoms with Crippen LogP contribution in [-0.4, -0.2) is 36.3 Å². The highest BCUT2D eigenvalue weighted by Crippen LogP contribution is 2.16. The van der Waals surface area contributed by atoms with Crippen molar-refractivity contribution in [2.24, 2.45) is 0 Å². The van der Waals surface area contributed by atoms with E-state index in [-0.39, 0.29) is 0 Å². The molecule has 0 radical (unpaired) electrons. The maximum Gasteiger partial charge on any atom is 0.225 e. The quantitative estimate of drug-likeness (QED) is 0.773. The second-order valence-electron chi connectivity index (χ2n) is 4.43. The Bertz CT molecular complexity index is 380. The van der Waals surface area contributed by atoms with Gasteiger partial charge in [-0.25, -0.2) is 9.97 Å². The molecule has 17 heavy (non-hydrogen) atoms. The lowest BCUT2D eigenvalue weighted by Crippen LogP contribution is -2.30. The zero-order valence-electron chi connectivity index (χ0n) is 10.3. The molecule has 1 saturated heterocycles. The third kappa shape index (κ3) is 3.07. The zero-order valence-corrected chi connectivity index (χ0v) is 11.1. The number of anilines is 1. The average molecular weight is 256 g/mol. The number of likely N-dealkylation sites (N-methyl/N-ethyl adjacent to an activating group) is 1. The van der Waals surface area contributed by atoms with Crippen LogP contribution in [0.15, 0.2) is 6.20 Å². The number of hydrogen-bond acceptors (Lipinski definition) is 4. The molecule has 1 unspecified atom stereocenters. The summed E-state index contributed by atoms with van der Waals surface area (Å²) < 4.78 is 5.60. The predicted octanol–water partition coefficient (Wildman–Crippen LogP) is 2.14. The first-order chi connectivity index (χ1) is 8.20. The van der Waals surface area contributed by atoms with Crippen LogP contribution in [0, 0.1) is 6.92 Å². The lowest BCUT2D eigenvalue weighted by Gasteiger charge is -2.21. The SMILES string of the molecule is Cc1nc(N(C)CC2CCCO2)ncc1CCl. The van der Waals surface area contributed by atoms with E-state index in [1.807, 2.05) is 18.9 Å². The van der Waals surface area contributed by atoms with E-state index in [0.29, 0.717) is 12.0 Å². The van der Waals surface area contributed by atoms with E-state index in [1.165, 1.54) is 0 Å². The minimum Gasteiger partial charge on any atom is -0.376 e. The van der Waals surface area contributed by atoms with Gasteiger partial charge in [-0.3, -0.25) is 0 Å². The first-order valence-electron chi connectivity index (χ1n) is 5.92. The molecule has 5 heteroatoms. The van der Waals surface area contributed by atoms with E-state index in [2.05, 4.69) is 9.97 Å². The predicted molar refractivity (Wildman–Crippen MR) is 68.6 cm³/mol. The van der Waals surface area contributed by atoms with Gasteiger partial charge in [-0.2, -0.15) is 0 Å².